The highest BCUT2D eigenvalue weighted by Gasteiger charge is 2.40. The molecule has 0 aromatic rings. The lowest BCUT2D eigenvalue weighted by Gasteiger charge is -2.24. The summed E-state index contributed by atoms with van der Waals surface area (Å²) in [5, 5.41) is 28.6. The fraction of sp³-hybridized carbons (Fsp3) is 0.889. The fourth-order valence-corrected chi connectivity index (χ4v) is 2.71. The monoisotopic (exact) mass is 330 g/mol. The van der Waals surface area contributed by atoms with Crippen molar-refractivity contribution in [2.45, 2.75) is 82.7 Å². The average Bonchev–Trinajstić information content (AvgIpc) is 2.88. The van der Waals surface area contributed by atoms with Crippen molar-refractivity contribution in [2.24, 2.45) is 0 Å². The number of unbranched alkanes of at least 4 members (excludes halogenated alkanes) is 6. The van der Waals surface area contributed by atoms with Crippen molar-refractivity contribution in [3.05, 3.63) is 12.2 Å². The van der Waals surface area contributed by atoms with Gasteiger partial charge in [-0.2, -0.15) is 0 Å². The second-order valence-electron chi connectivity index (χ2n) is 6.26. The summed E-state index contributed by atoms with van der Waals surface area (Å²) < 4.78 is 10.9. The molecule has 0 aromatic heterocycles. The molecule has 0 amide bonds. The summed E-state index contributed by atoms with van der Waals surface area (Å²) >= 11 is 0. The molecule has 1 fully saturated rings. The predicted octanol–water partition coefficient (Wildman–Crippen LogP) is 2.18. The van der Waals surface area contributed by atoms with E-state index < -0.39 is 24.4 Å². The first-order valence-electron chi connectivity index (χ1n) is 9.05. The molecule has 3 N–H and O–H groups in total. The van der Waals surface area contributed by atoms with E-state index in [1.165, 1.54) is 32.1 Å². The van der Waals surface area contributed by atoms with Crippen LogP contribution in [0.1, 0.15) is 58.3 Å². The van der Waals surface area contributed by atoms with Crippen LogP contribution in [0.5, 0.6) is 0 Å². The lowest BCUT2D eigenvalue weighted by Crippen LogP contribution is -2.42. The van der Waals surface area contributed by atoms with Gasteiger partial charge >= 0.3 is 0 Å². The number of aliphatic hydroxyl groups excluding tert-OH is 3. The highest BCUT2D eigenvalue weighted by atomic mass is 16.6. The number of allylic oxidation sites excluding steroid dienone is 2. The quantitative estimate of drug-likeness (QED) is 0.356. The SMILES string of the molecule is CCCC/C=C/CCCCCCO[C@@H](CO)[C@H]1OC[C@@H](O)[C@H]1O. The summed E-state index contributed by atoms with van der Waals surface area (Å²) in [6, 6.07) is 0. The minimum atomic E-state index is -0.980. The van der Waals surface area contributed by atoms with Crippen LogP contribution >= 0.6 is 0 Å². The minimum absolute atomic E-state index is 0.0947. The first-order chi connectivity index (χ1) is 11.2. The molecule has 1 rings (SSSR count). The molecule has 0 aliphatic carbocycles. The van der Waals surface area contributed by atoms with Gasteiger partial charge in [-0.1, -0.05) is 44.8 Å². The van der Waals surface area contributed by atoms with Crippen molar-refractivity contribution in [2.75, 3.05) is 19.8 Å². The second kappa shape index (κ2) is 12.9. The topological polar surface area (TPSA) is 79.2 Å². The van der Waals surface area contributed by atoms with Gasteiger partial charge < -0.3 is 24.8 Å². The zero-order valence-corrected chi connectivity index (χ0v) is 14.4. The van der Waals surface area contributed by atoms with E-state index in [2.05, 4.69) is 19.1 Å². The van der Waals surface area contributed by atoms with Gasteiger partial charge in [-0.15, -0.1) is 0 Å². The molecule has 0 bridgehead atoms. The molecule has 23 heavy (non-hydrogen) atoms. The Bertz CT molecular complexity index is 308. The van der Waals surface area contributed by atoms with E-state index in [9.17, 15) is 15.3 Å². The standard InChI is InChI=1S/C18H34O5/c1-2-3-4-5-6-7-8-9-10-11-12-22-16(13-19)18-17(21)15(20)14-23-18/h5-6,15-21H,2-4,7-14H2,1H3/b6-5+/t15-,16+,17-,18-/m1/s1. The number of hydrogen-bond acceptors (Lipinski definition) is 5. The molecule has 1 heterocycles. The molecule has 5 nitrogen and oxygen atoms in total. The van der Waals surface area contributed by atoms with E-state index in [0.29, 0.717) is 6.61 Å². The summed E-state index contributed by atoms with van der Waals surface area (Å²) in [6.45, 7) is 2.63. The first-order valence-corrected chi connectivity index (χ1v) is 9.05. The van der Waals surface area contributed by atoms with Crippen LogP contribution in [0.4, 0.5) is 0 Å². The molecular formula is C18H34O5. The second-order valence-corrected chi connectivity index (χ2v) is 6.26. The van der Waals surface area contributed by atoms with Crippen LogP contribution in [-0.2, 0) is 9.47 Å². The summed E-state index contributed by atoms with van der Waals surface area (Å²) in [7, 11) is 0. The largest absolute Gasteiger partial charge is 0.394 e. The van der Waals surface area contributed by atoms with Crippen molar-refractivity contribution >= 4 is 0 Å². The van der Waals surface area contributed by atoms with E-state index in [-0.39, 0.29) is 13.2 Å². The molecule has 136 valence electrons. The molecule has 0 spiro atoms. The molecule has 1 aliphatic heterocycles. The zero-order chi connectivity index (χ0) is 16.9. The van der Waals surface area contributed by atoms with Gasteiger partial charge in [0.15, 0.2) is 0 Å². The summed E-state index contributed by atoms with van der Waals surface area (Å²) in [4.78, 5) is 0. The highest BCUT2D eigenvalue weighted by Crippen LogP contribution is 2.19. The van der Waals surface area contributed by atoms with Crippen molar-refractivity contribution < 1.29 is 24.8 Å². The zero-order valence-electron chi connectivity index (χ0n) is 14.4. The Balaban J connectivity index is 2.00. The lowest BCUT2D eigenvalue weighted by molar-refractivity contribution is -0.101. The Morgan fingerprint density at radius 2 is 1.78 bits per heavy atom. The molecule has 0 radical (unpaired) electrons. The number of rotatable bonds is 13. The number of aliphatic hydroxyl groups is 3. The van der Waals surface area contributed by atoms with Gasteiger partial charge in [0.1, 0.15) is 24.4 Å². The summed E-state index contributed by atoms with van der Waals surface area (Å²) in [5.74, 6) is 0. The molecule has 5 heteroatoms. The Kier molecular flexibility index (Phi) is 11.5. The van der Waals surface area contributed by atoms with Crippen LogP contribution < -0.4 is 0 Å². The fourth-order valence-electron chi connectivity index (χ4n) is 2.71. The maximum atomic E-state index is 9.76. The van der Waals surface area contributed by atoms with Gasteiger partial charge in [0, 0.05) is 6.61 Å². The molecule has 1 saturated heterocycles. The maximum absolute atomic E-state index is 9.76. The van der Waals surface area contributed by atoms with E-state index >= 15 is 0 Å². The van der Waals surface area contributed by atoms with Gasteiger partial charge in [-0.25, -0.2) is 0 Å². The molecule has 1 aliphatic rings. The van der Waals surface area contributed by atoms with Crippen LogP contribution in [0.3, 0.4) is 0 Å². The first kappa shape index (κ1) is 20.6. The molecule has 0 saturated carbocycles. The van der Waals surface area contributed by atoms with Crippen LogP contribution in [0.2, 0.25) is 0 Å². The van der Waals surface area contributed by atoms with Gasteiger partial charge in [-0.05, 0) is 25.7 Å². The minimum Gasteiger partial charge on any atom is -0.394 e. The van der Waals surface area contributed by atoms with E-state index in [1.807, 2.05) is 0 Å². The van der Waals surface area contributed by atoms with Gasteiger partial charge in [0.25, 0.3) is 0 Å². The number of hydrogen-bond donors (Lipinski definition) is 3. The van der Waals surface area contributed by atoms with Crippen LogP contribution in [-0.4, -0.2) is 59.6 Å². The van der Waals surface area contributed by atoms with Gasteiger partial charge in [0.05, 0.1) is 13.2 Å². The smallest absolute Gasteiger partial charge is 0.114 e. The third-order valence-electron chi connectivity index (χ3n) is 4.22. The Hall–Kier alpha value is -0.460. The van der Waals surface area contributed by atoms with Crippen molar-refractivity contribution in [1.29, 1.82) is 0 Å². The van der Waals surface area contributed by atoms with Crippen molar-refractivity contribution in [3.63, 3.8) is 0 Å². The van der Waals surface area contributed by atoms with Crippen LogP contribution in [0.15, 0.2) is 12.2 Å². The van der Waals surface area contributed by atoms with E-state index in [0.717, 1.165) is 19.3 Å². The normalized spacial score (nSPS) is 26.2. The molecule has 0 unspecified atom stereocenters. The third-order valence-corrected chi connectivity index (χ3v) is 4.22. The van der Waals surface area contributed by atoms with E-state index in [1.54, 1.807) is 0 Å². The molecule has 0 aromatic carbocycles. The average molecular weight is 330 g/mol. The van der Waals surface area contributed by atoms with Crippen LogP contribution in [0, 0.1) is 0 Å². The number of ether oxygens (including phenoxy) is 2. The van der Waals surface area contributed by atoms with E-state index in [4.69, 9.17) is 9.47 Å². The Morgan fingerprint density at radius 1 is 1.09 bits per heavy atom. The predicted molar refractivity (Wildman–Crippen MR) is 90.3 cm³/mol. The Morgan fingerprint density at radius 3 is 2.39 bits per heavy atom. The molecular weight excluding hydrogens is 296 g/mol. The summed E-state index contributed by atoms with van der Waals surface area (Å²) in [6.07, 6.45) is 10.7. The third kappa shape index (κ3) is 8.27. The maximum Gasteiger partial charge on any atom is 0.114 e. The van der Waals surface area contributed by atoms with Crippen molar-refractivity contribution in [1.82, 2.24) is 0 Å². The van der Waals surface area contributed by atoms with Crippen molar-refractivity contribution in [3.8, 4) is 0 Å². The van der Waals surface area contributed by atoms with Gasteiger partial charge in [0.2, 0.25) is 0 Å². The molecule has 4 atom stereocenters. The summed E-state index contributed by atoms with van der Waals surface area (Å²) in [5.41, 5.74) is 0. The van der Waals surface area contributed by atoms with Gasteiger partial charge in [-0.3, -0.25) is 0 Å². The Labute approximate surface area is 140 Å². The lowest BCUT2D eigenvalue weighted by atomic mass is 10.1. The van der Waals surface area contributed by atoms with Crippen LogP contribution in [0.25, 0.3) is 0 Å². The highest BCUT2D eigenvalue weighted by molar-refractivity contribution is 4.88.